The van der Waals surface area contributed by atoms with Gasteiger partial charge in [-0.05, 0) is 36.4 Å². The molecular formula is C18H19N3OS. The highest BCUT2D eigenvalue weighted by Gasteiger charge is 2.30. The summed E-state index contributed by atoms with van der Waals surface area (Å²) >= 11 is 1.75. The minimum Gasteiger partial charge on any atom is -0.342 e. The molecule has 0 aliphatic carbocycles. The number of carbonyl (C=O) groups is 1. The predicted octanol–water partition coefficient (Wildman–Crippen LogP) is 3.92. The number of H-pyrrole nitrogens is 1. The van der Waals surface area contributed by atoms with Gasteiger partial charge in [-0.15, -0.1) is 11.3 Å². The number of aromatic amines is 1. The molecule has 4 rings (SSSR count). The predicted molar refractivity (Wildman–Crippen MR) is 92.4 cm³/mol. The average molecular weight is 325 g/mol. The van der Waals surface area contributed by atoms with Crippen LogP contribution in [0.25, 0.3) is 11.0 Å². The molecule has 5 heteroatoms. The molecule has 118 valence electrons. The van der Waals surface area contributed by atoms with Crippen molar-refractivity contribution in [3.63, 3.8) is 0 Å². The lowest BCUT2D eigenvalue weighted by atomic mass is 10.1. The molecule has 0 radical (unpaired) electrons. The molecule has 2 aromatic heterocycles. The lowest BCUT2D eigenvalue weighted by Gasteiger charge is -2.23. The van der Waals surface area contributed by atoms with Gasteiger partial charge in [-0.3, -0.25) is 4.79 Å². The fourth-order valence-electron chi connectivity index (χ4n) is 3.33. The monoisotopic (exact) mass is 325 g/mol. The Morgan fingerprint density at radius 2 is 2.22 bits per heavy atom. The molecule has 3 aromatic rings. The van der Waals surface area contributed by atoms with E-state index in [0.29, 0.717) is 12.8 Å². The van der Waals surface area contributed by atoms with Crippen molar-refractivity contribution >= 4 is 28.3 Å². The third-order valence-electron chi connectivity index (χ3n) is 4.46. The van der Waals surface area contributed by atoms with Gasteiger partial charge in [-0.2, -0.15) is 0 Å². The number of likely N-dealkylation sites (tertiary alicyclic amines) is 1. The van der Waals surface area contributed by atoms with E-state index in [2.05, 4.69) is 32.4 Å². The second kappa shape index (κ2) is 6.16. The van der Waals surface area contributed by atoms with E-state index in [1.807, 2.05) is 24.3 Å². The van der Waals surface area contributed by atoms with E-state index in [0.717, 1.165) is 36.2 Å². The number of aryl methyl sites for hydroxylation is 1. The van der Waals surface area contributed by atoms with E-state index in [1.54, 1.807) is 11.3 Å². The van der Waals surface area contributed by atoms with Crippen molar-refractivity contribution in [3.8, 4) is 0 Å². The summed E-state index contributed by atoms with van der Waals surface area (Å²) in [6.07, 6.45) is 3.36. The van der Waals surface area contributed by atoms with Crippen molar-refractivity contribution in [2.24, 2.45) is 0 Å². The van der Waals surface area contributed by atoms with Crippen molar-refractivity contribution in [1.82, 2.24) is 14.9 Å². The number of amides is 1. The second-order valence-electron chi connectivity index (χ2n) is 5.96. The Labute approximate surface area is 139 Å². The molecule has 0 saturated carbocycles. The van der Waals surface area contributed by atoms with Gasteiger partial charge in [0.05, 0.1) is 17.1 Å². The molecule has 1 aliphatic heterocycles. The third kappa shape index (κ3) is 2.88. The van der Waals surface area contributed by atoms with Crippen molar-refractivity contribution in [2.45, 2.75) is 31.7 Å². The summed E-state index contributed by atoms with van der Waals surface area (Å²) in [7, 11) is 0. The molecule has 1 atom stereocenters. The fourth-order valence-corrected chi connectivity index (χ4v) is 4.21. The van der Waals surface area contributed by atoms with Crippen LogP contribution in [0, 0.1) is 0 Å². The Kier molecular flexibility index (Phi) is 3.87. The second-order valence-corrected chi connectivity index (χ2v) is 6.94. The number of benzene rings is 1. The first-order chi connectivity index (χ1) is 11.3. The van der Waals surface area contributed by atoms with Crippen LogP contribution in [0.1, 0.15) is 36.0 Å². The Morgan fingerprint density at radius 1 is 1.30 bits per heavy atom. The zero-order chi connectivity index (χ0) is 15.6. The van der Waals surface area contributed by atoms with Gasteiger partial charge in [-0.25, -0.2) is 4.98 Å². The highest BCUT2D eigenvalue weighted by Crippen LogP contribution is 2.34. The lowest BCUT2D eigenvalue weighted by Crippen LogP contribution is -2.30. The van der Waals surface area contributed by atoms with Crippen LogP contribution in [0.4, 0.5) is 0 Å². The van der Waals surface area contributed by atoms with Gasteiger partial charge < -0.3 is 9.88 Å². The van der Waals surface area contributed by atoms with Gasteiger partial charge in [0, 0.05) is 24.3 Å². The SMILES string of the molecule is O=C(CCc1nc2ccccc2[nH]1)N1CCCC1c1cccs1. The summed E-state index contributed by atoms with van der Waals surface area (Å²) in [5.41, 5.74) is 2.00. The maximum atomic E-state index is 12.6. The molecule has 1 saturated heterocycles. The summed E-state index contributed by atoms with van der Waals surface area (Å²) in [6.45, 7) is 0.877. The molecule has 0 bridgehead atoms. The number of imidazole rings is 1. The van der Waals surface area contributed by atoms with Gasteiger partial charge in [0.2, 0.25) is 5.91 Å². The average Bonchev–Trinajstić information content (AvgIpc) is 3.31. The molecule has 23 heavy (non-hydrogen) atoms. The smallest absolute Gasteiger partial charge is 0.223 e. The van der Waals surface area contributed by atoms with Crippen LogP contribution < -0.4 is 0 Å². The van der Waals surface area contributed by atoms with Crippen LogP contribution in [0.15, 0.2) is 41.8 Å². The highest BCUT2D eigenvalue weighted by molar-refractivity contribution is 7.10. The van der Waals surface area contributed by atoms with Crippen molar-refractivity contribution in [2.75, 3.05) is 6.54 Å². The van der Waals surface area contributed by atoms with Crippen LogP contribution in [0.3, 0.4) is 0 Å². The summed E-state index contributed by atoms with van der Waals surface area (Å²) < 4.78 is 0. The summed E-state index contributed by atoms with van der Waals surface area (Å²) in [4.78, 5) is 23.8. The first kappa shape index (κ1) is 14.5. The summed E-state index contributed by atoms with van der Waals surface area (Å²) in [6, 6.07) is 12.5. The number of para-hydroxylation sites is 2. The van der Waals surface area contributed by atoms with Crippen LogP contribution in [-0.4, -0.2) is 27.3 Å². The zero-order valence-electron chi connectivity index (χ0n) is 12.9. The first-order valence-electron chi connectivity index (χ1n) is 8.08. The van der Waals surface area contributed by atoms with E-state index in [4.69, 9.17) is 0 Å². The first-order valence-corrected chi connectivity index (χ1v) is 8.96. The van der Waals surface area contributed by atoms with Crippen LogP contribution in [0.5, 0.6) is 0 Å². The molecule has 1 amide bonds. The maximum absolute atomic E-state index is 12.6. The van der Waals surface area contributed by atoms with Crippen LogP contribution in [-0.2, 0) is 11.2 Å². The lowest BCUT2D eigenvalue weighted by molar-refractivity contribution is -0.132. The number of thiophene rings is 1. The van der Waals surface area contributed by atoms with E-state index < -0.39 is 0 Å². The number of nitrogens with one attached hydrogen (secondary N) is 1. The number of rotatable bonds is 4. The van der Waals surface area contributed by atoms with Gasteiger partial charge in [0.15, 0.2) is 0 Å². The molecule has 1 aromatic carbocycles. The summed E-state index contributed by atoms with van der Waals surface area (Å²) in [5.74, 6) is 1.13. The molecule has 3 heterocycles. The quantitative estimate of drug-likeness (QED) is 0.790. The molecule has 1 aliphatic rings. The molecule has 1 fully saturated rings. The Hall–Kier alpha value is -2.14. The molecule has 4 nitrogen and oxygen atoms in total. The Balaban J connectivity index is 1.43. The number of hydrogen-bond acceptors (Lipinski definition) is 3. The van der Waals surface area contributed by atoms with Crippen molar-refractivity contribution < 1.29 is 4.79 Å². The molecule has 1 unspecified atom stereocenters. The normalized spacial score (nSPS) is 17.9. The van der Waals surface area contributed by atoms with E-state index >= 15 is 0 Å². The Bertz CT molecular complexity index is 776. The molecule has 1 N–H and O–H groups in total. The number of nitrogens with zero attached hydrogens (tertiary/aromatic N) is 2. The number of carbonyl (C=O) groups excluding carboxylic acids is 1. The molecule has 0 spiro atoms. The van der Waals surface area contributed by atoms with Crippen molar-refractivity contribution in [3.05, 3.63) is 52.5 Å². The van der Waals surface area contributed by atoms with E-state index in [1.165, 1.54) is 4.88 Å². The standard InChI is InChI=1S/C18H19N3OS/c22-18(21-11-3-7-15(21)16-8-4-12-23-16)10-9-17-19-13-5-1-2-6-14(13)20-17/h1-2,4-6,8,12,15H,3,7,9-11H2,(H,19,20). The largest absolute Gasteiger partial charge is 0.342 e. The van der Waals surface area contributed by atoms with Gasteiger partial charge >= 0.3 is 0 Å². The van der Waals surface area contributed by atoms with Gasteiger partial charge in [0.25, 0.3) is 0 Å². The minimum atomic E-state index is 0.237. The summed E-state index contributed by atoms with van der Waals surface area (Å²) in [5, 5.41) is 2.09. The van der Waals surface area contributed by atoms with Crippen LogP contribution in [0.2, 0.25) is 0 Å². The minimum absolute atomic E-state index is 0.237. The Morgan fingerprint density at radius 3 is 3.04 bits per heavy atom. The maximum Gasteiger partial charge on any atom is 0.223 e. The third-order valence-corrected chi connectivity index (χ3v) is 5.43. The van der Waals surface area contributed by atoms with Crippen LogP contribution >= 0.6 is 11.3 Å². The van der Waals surface area contributed by atoms with Crippen molar-refractivity contribution in [1.29, 1.82) is 0 Å². The van der Waals surface area contributed by atoms with Gasteiger partial charge in [-0.1, -0.05) is 18.2 Å². The van der Waals surface area contributed by atoms with E-state index in [9.17, 15) is 4.79 Å². The van der Waals surface area contributed by atoms with Gasteiger partial charge in [0.1, 0.15) is 5.82 Å². The zero-order valence-corrected chi connectivity index (χ0v) is 13.7. The number of hydrogen-bond donors (Lipinski definition) is 1. The number of aromatic nitrogens is 2. The van der Waals surface area contributed by atoms with E-state index in [-0.39, 0.29) is 11.9 Å². The number of fused-ring (bicyclic) bond motifs is 1. The fraction of sp³-hybridized carbons (Fsp3) is 0.333. The molecular weight excluding hydrogens is 306 g/mol. The highest BCUT2D eigenvalue weighted by atomic mass is 32.1. The topological polar surface area (TPSA) is 49.0 Å².